The highest BCUT2D eigenvalue weighted by Crippen LogP contribution is 2.28. The maximum atomic E-state index is 13.2. The minimum Gasteiger partial charge on any atom is -0.337 e. The van der Waals surface area contributed by atoms with Crippen molar-refractivity contribution in [1.82, 2.24) is 9.47 Å². The molecule has 0 N–H and O–H groups in total. The Kier molecular flexibility index (Phi) is 6.31. The standard InChI is InChI=1S/C23H27FN2O3S/c1-16(2)26(17(3)4)23(27)14-25-13-22(20-7-5-6-8-21(20)25)30(28,29)15-18-9-11-19(24)12-10-18/h5-13,16-17H,14-15H2,1-4H3. The van der Waals surface area contributed by atoms with Crippen molar-refractivity contribution in [1.29, 1.82) is 0 Å². The van der Waals surface area contributed by atoms with Gasteiger partial charge in [0.1, 0.15) is 12.4 Å². The maximum absolute atomic E-state index is 13.2. The van der Waals surface area contributed by atoms with Crippen LogP contribution in [0, 0.1) is 5.82 Å². The molecule has 160 valence electrons. The zero-order chi connectivity index (χ0) is 22.1. The molecule has 3 aromatic rings. The highest BCUT2D eigenvalue weighted by atomic mass is 32.2. The number of hydrogen-bond donors (Lipinski definition) is 0. The lowest BCUT2D eigenvalue weighted by atomic mass is 10.2. The second kappa shape index (κ2) is 8.60. The summed E-state index contributed by atoms with van der Waals surface area (Å²) < 4.78 is 41.2. The fraction of sp³-hybridized carbons (Fsp3) is 0.348. The summed E-state index contributed by atoms with van der Waals surface area (Å²) in [6, 6.07) is 12.7. The van der Waals surface area contributed by atoms with Crippen molar-refractivity contribution in [3.63, 3.8) is 0 Å². The molecule has 0 radical (unpaired) electrons. The lowest BCUT2D eigenvalue weighted by Crippen LogP contribution is -2.43. The van der Waals surface area contributed by atoms with Crippen molar-refractivity contribution in [3.05, 3.63) is 66.1 Å². The number of rotatable bonds is 7. The van der Waals surface area contributed by atoms with Crippen molar-refractivity contribution >= 4 is 26.6 Å². The average Bonchev–Trinajstić information content (AvgIpc) is 3.02. The van der Waals surface area contributed by atoms with Gasteiger partial charge in [-0.2, -0.15) is 0 Å². The summed E-state index contributed by atoms with van der Waals surface area (Å²) in [4.78, 5) is 14.9. The molecule has 1 aromatic heterocycles. The van der Waals surface area contributed by atoms with Crippen LogP contribution >= 0.6 is 0 Å². The van der Waals surface area contributed by atoms with Gasteiger partial charge in [-0.05, 0) is 51.5 Å². The predicted octanol–water partition coefficient (Wildman–Crippen LogP) is 4.40. The van der Waals surface area contributed by atoms with Gasteiger partial charge >= 0.3 is 0 Å². The fourth-order valence-electron chi connectivity index (χ4n) is 3.87. The van der Waals surface area contributed by atoms with Crippen LogP contribution < -0.4 is 0 Å². The van der Waals surface area contributed by atoms with Crippen LogP contribution in [0.5, 0.6) is 0 Å². The second-order valence-corrected chi connectivity index (χ2v) is 9.97. The zero-order valence-corrected chi connectivity index (χ0v) is 18.5. The Hall–Kier alpha value is -2.67. The van der Waals surface area contributed by atoms with Gasteiger partial charge in [0.25, 0.3) is 0 Å². The highest BCUT2D eigenvalue weighted by molar-refractivity contribution is 7.90. The van der Waals surface area contributed by atoms with Gasteiger partial charge < -0.3 is 9.47 Å². The third kappa shape index (κ3) is 4.56. The summed E-state index contributed by atoms with van der Waals surface area (Å²) >= 11 is 0. The molecule has 5 nitrogen and oxygen atoms in total. The molecule has 0 fully saturated rings. The van der Waals surface area contributed by atoms with E-state index in [0.717, 1.165) is 0 Å². The van der Waals surface area contributed by atoms with E-state index in [0.29, 0.717) is 16.5 Å². The number of sulfone groups is 1. The molecular formula is C23H27FN2O3S. The van der Waals surface area contributed by atoms with Crippen LogP contribution in [0.1, 0.15) is 33.3 Å². The first-order chi connectivity index (χ1) is 14.1. The van der Waals surface area contributed by atoms with E-state index < -0.39 is 15.7 Å². The Morgan fingerprint density at radius 2 is 1.60 bits per heavy atom. The van der Waals surface area contributed by atoms with E-state index in [9.17, 15) is 17.6 Å². The molecule has 0 aliphatic heterocycles. The van der Waals surface area contributed by atoms with Gasteiger partial charge in [0.15, 0.2) is 9.84 Å². The van der Waals surface area contributed by atoms with Crippen LogP contribution in [-0.2, 0) is 26.9 Å². The van der Waals surface area contributed by atoms with Gasteiger partial charge in [0, 0.05) is 29.2 Å². The smallest absolute Gasteiger partial charge is 0.242 e. The van der Waals surface area contributed by atoms with E-state index in [1.54, 1.807) is 27.8 Å². The van der Waals surface area contributed by atoms with E-state index in [-0.39, 0.29) is 35.2 Å². The van der Waals surface area contributed by atoms with Crippen molar-refractivity contribution in [3.8, 4) is 0 Å². The first-order valence-corrected chi connectivity index (χ1v) is 11.6. The molecule has 0 unspecified atom stereocenters. The van der Waals surface area contributed by atoms with Crippen molar-refractivity contribution in [2.45, 2.75) is 57.0 Å². The summed E-state index contributed by atoms with van der Waals surface area (Å²) in [5, 5.41) is 0.577. The van der Waals surface area contributed by atoms with Crippen LogP contribution in [0.25, 0.3) is 10.9 Å². The first kappa shape index (κ1) is 22.0. The molecule has 0 bridgehead atoms. The van der Waals surface area contributed by atoms with Gasteiger partial charge in [0.2, 0.25) is 5.91 Å². The van der Waals surface area contributed by atoms with Crippen LogP contribution in [0.3, 0.4) is 0 Å². The summed E-state index contributed by atoms with van der Waals surface area (Å²) in [5.41, 5.74) is 1.20. The summed E-state index contributed by atoms with van der Waals surface area (Å²) in [7, 11) is -3.69. The van der Waals surface area contributed by atoms with Crippen LogP contribution in [0.2, 0.25) is 0 Å². The molecule has 0 spiro atoms. The van der Waals surface area contributed by atoms with Gasteiger partial charge in [-0.1, -0.05) is 30.3 Å². The van der Waals surface area contributed by atoms with E-state index in [1.807, 2.05) is 39.8 Å². The van der Waals surface area contributed by atoms with Crippen molar-refractivity contribution in [2.75, 3.05) is 0 Å². The number of aromatic nitrogens is 1. The molecule has 0 aliphatic rings. The topological polar surface area (TPSA) is 59.4 Å². The quantitative estimate of drug-likeness (QED) is 0.558. The normalized spacial score (nSPS) is 12.1. The van der Waals surface area contributed by atoms with Gasteiger partial charge in [-0.25, -0.2) is 12.8 Å². The van der Waals surface area contributed by atoms with E-state index in [4.69, 9.17) is 0 Å². The maximum Gasteiger partial charge on any atom is 0.242 e. The minimum absolute atomic E-state index is 0.0426. The first-order valence-electron chi connectivity index (χ1n) is 9.96. The number of nitrogens with zero attached hydrogens (tertiary/aromatic N) is 2. The molecule has 30 heavy (non-hydrogen) atoms. The number of hydrogen-bond acceptors (Lipinski definition) is 3. The number of para-hydroxylation sites is 1. The Bertz CT molecular complexity index is 1140. The number of benzene rings is 2. The van der Waals surface area contributed by atoms with Gasteiger partial charge in [0.05, 0.1) is 10.6 Å². The van der Waals surface area contributed by atoms with E-state index in [1.165, 1.54) is 24.3 Å². The molecule has 1 heterocycles. The predicted molar refractivity (Wildman–Crippen MR) is 116 cm³/mol. The SMILES string of the molecule is CC(C)N(C(=O)Cn1cc(S(=O)(=O)Cc2ccc(F)cc2)c2ccccc21)C(C)C. The minimum atomic E-state index is -3.69. The van der Waals surface area contributed by atoms with Gasteiger partial charge in [-0.15, -0.1) is 0 Å². The number of carbonyl (C=O) groups excluding carboxylic acids is 1. The van der Waals surface area contributed by atoms with E-state index >= 15 is 0 Å². The zero-order valence-electron chi connectivity index (χ0n) is 17.7. The summed E-state index contributed by atoms with van der Waals surface area (Å²) in [6.45, 7) is 7.91. The van der Waals surface area contributed by atoms with Crippen LogP contribution in [0.4, 0.5) is 4.39 Å². The number of halogens is 1. The molecule has 2 aromatic carbocycles. The molecule has 7 heteroatoms. The molecular weight excluding hydrogens is 403 g/mol. The molecule has 0 saturated carbocycles. The monoisotopic (exact) mass is 430 g/mol. The van der Waals surface area contributed by atoms with Crippen LogP contribution in [-0.4, -0.2) is 35.9 Å². The average molecular weight is 431 g/mol. The Morgan fingerprint density at radius 3 is 2.20 bits per heavy atom. The van der Waals surface area contributed by atoms with Crippen molar-refractivity contribution in [2.24, 2.45) is 0 Å². The molecule has 1 amide bonds. The summed E-state index contributed by atoms with van der Waals surface area (Å²) in [5.74, 6) is -0.714. The number of fused-ring (bicyclic) bond motifs is 1. The molecule has 0 saturated heterocycles. The molecule has 0 aliphatic carbocycles. The molecule has 3 rings (SSSR count). The lowest BCUT2D eigenvalue weighted by molar-refractivity contribution is -0.135. The fourth-order valence-corrected chi connectivity index (χ4v) is 5.45. The largest absolute Gasteiger partial charge is 0.337 e. The third-order valence-corrected chi connectivity index (χ3v) is 6.77. The van der Waals surface area contributed by atoms with Gasteiger partial charge in [-0.3, -0.25) is 4.79 Å². The van der Waals surface area contributed by atoms with Crippen molar-refractivity contribution < 1.29 is 17.6 Å². The lowest BCUT2D eigenvalue weighted by Gasteiger charge is -2.31. The summed E-state index contributed by atoms with van der Waals surface area (Å²) in [6.07, 6.45) is 1.54. The highest BCUT2D eigenvalue weighted by Gasteiger charge is 2.25. The number of amides is 1. The Morgan fingerprint density at radius 1 is 1.00 bits per heavy atom. The molecule has 0 atom stereocenters. The third-order valence-electron chi connectivity index (χ3n) is 5.06. The van der Waals surface area contributed by atoms with E-state index in [2.05, 4.69) is 0 Å². The Labute approximate surface area is 177 Å². The second-order valence-electron chi connectivity index (χ2n) is 8.01. The van der Waals surface area contributed by atoms with Crippen LogP contribution in [0.15, 0.2) is 59.6 Å². The Balaban J connectivity index is 1.99. The number of carbonyl (C=O) groups is 1.